The highest BCUT2D eigenvalue weighted by Gasteiger charge is 2.21. The lowest BCUT2D eigenvalue weighted by Gasteiger charge is -1.97. The number of nitrogens with zero attached hydrogens (tertiary/aromatic N) is 1. The van der Waals surface area contributed by atoms with Crippen LogP contribution in [0.25, 0.3) is 6.08 Å². The summed E-state index contributed by atoms with van der Waals surface area (Å²) in [6.45, 7) is 2.05. The van der Waals surface area contributed by atoms with Gasteiger partial charge in [0.25, 0.3) is 0 Å². The quantitative estimate of drug-likeness (QED) is 0.763. The predicted octanol–water partition coefficient (Wildman–Crippen LogP) is 4.17. The van der Waals surface area contributed by atoms with Crippen molar-refractivity contribution in [3.63, 3.8) is 0 Å². The molecule has 0 radical (unpaired) electrons. The SMILES string of the molecule is CCSC1=N/C(=C/c2ccccc2Br)C(=O)S1. The molecule has 2 rings (SSSR count). The molecule has 0 fully saturated rings. The van der Waals surface area contributed by atoms with Gasteiger partial charge in [0.15, 0.2) is 0 Å². The number of benzene rings is 1. The van der Waals surface area contributed by atoms with Crippen LogP contribution in [0.2, 0.25) is 0 Å². The van der Waals surface area contributed by atoms with Crippen molar-refractivity contribution in [2.75, 3.05) is 5.75 Å². The minimum absolute atomic E-state index is 0.0247. The Bertz CT molecular complexity index is 511. The summed E-state index contributed by atoms with van der Waals surface area (Å²) >= 11 is 6.27. The van der Waals surface area contributed by atoms with Gasteiger partial charge in [0.2, 0.25) is 5.12 Å². The summed E-state index contributed by atoms with van der Waals surface area (Å²) < 4.78 is 1.81. The molecular formula is C12H10BrNOS2. The molecule has 0 saturated carbocycles. The number of hydrogen-bond acceptors (Lipinski definition) is 4. The molecule has 1 aliphatic heterocycles. The van der Waals surface area contributed by atoms with Crippen molar-refractivity contribution in [1.82, 2.24) is 0 Å². The Kier molecular flexibility index (Phi) is 4.48. The van der Waals surface area contributed by atoms with Crippen molar-refractivity contribution in [1.29, 1.82) is 0 Å². The maximum atomic E-state index is 11.7. The normalized spacial score (nSPS) is 17.6. The number of carbonyl (C=O) groups excluding carboxylic acids is 1. The first-order valence-electron chi connectivity index (χ1n) is 5.10. The zero-order valence-corrected chi connectivity index (χ0v) is 12.4. The first-order valence-corrected chi connectivity index (χ1v) is 7.70. The number of rotatable bonds is 2. The molecule has 0 N–H and O–H groups in total. The first-order chi connectivity index (χ1) is 8.20. The lowest BCUT2D eigenvalue weighted by molar-refractivity contribution is -0.107. The van der Waals surface area contributed by atoms with E-state index in [0.29, 0.717) is 5.70 Å². The molecule has 0 aliphatic carbocycles. The lowest BCUT2D eigenvalue weighted by atomic mass is 10.2. The first kappa shape index (κ1) is 12.9. The highest BCUT2D eigenvalue weighted by Crippen LogP contribution is 2.31. The van der Waals surface area contributed by atoms with E-state index in [0.717, 1.165) is 20.2 Å². The maximum Gasteiger partial charge on any atom is 0.244 e. The Labute approximate surface area is 117 Å². The average molecular weight is 328 g/mol. The van der Waals surface area contributed by atoms with E-state index in [2.05, 4.69) is 20.9 Å². The zero-order valence-electron chi connectivity index (χ0n) is 9.14. The Morgan fingerprint density at radius 2 is 2.24 bits per heavy atom. The van der Waals surface area contributed by atoms with E-state index in [1.165, 1.54) is 11.8 Å². The van der Waals surface area contributed by atoms with Crippen molar-refractivity contribution >= 4 is 55.0 Å². The fourth-order valence-corrected chi connectivity index (χ4v) is 3.45. The van der Waals surface area contributed by atoms with Gasteiger partial charge in [-0.1, -0.05) is 52.8 Å². The number of thioether (sulfide) groups is 2. The Hall–Kier alpha value is -0.520. The van der Waals surface area contributed by atoms with Crippen molar-refractivity contribution in [2.24, 2.45) is 4.99 Å². The maximum absolute atomic E-state index is 11.7. The van der Waals surface area contributed by atoms with E-state index >= 15 is 0 Å². The van der Waals surface area contributed by atoms with Crippen molar-refractivity contribution in [3.05, 3.63) is 40.0 Å². The van der Waals surface area contributed by atoms with Crippen LogP contribution in [0.1, 0.15) is 12.5 Å². The molecule has 17 heavy (non-hydrogen) atoms. The second-order valence-corrected chi connectivity index (χ2v) is 6.58. The third kappa shape index (κ3) is 3.24. The van der Waals surface area contributed by atoms with Gasteiger partial charge < -0.3 is 0 Å². The van der Waals surface area contributed by atoms with Gasteiger partial charge in [0.1, 0.15) is 10.1 Å². The molecular weight excluding hydrogens is 318 g/mol. The van der Waals surface area contributed by atoms with Gasteiger partial charge in [-0.25, -0.2) is 4.99 Å². The molecule has 0 bridgehead atoms. The van der Waals surface area contributed by atoms with Crippen LogP contribution in [0.5, 0.6) is 0 Å². The number of halogens is 1. The summed E-state index contributed by atoms with van der Waals surface area (Å²) in [5.41, 5.74) is 1.50. The molecule has 1 aromatic carbocycles. The molecule has 5 heteroatoms. The molecule has 0 spiro atoms. The van der Waals surface area contributed by atoms with Crippen LogP contribution >= 0.6 is 39.5 Å². The van der Waals surface area contributed by atoms with Gasteiger partial charge >= 0.3 is 0 Å². The zero-order chi connectivity index (χ0) is 12.3. The van der Waals surface area contributed by atoms with Gasteiger partial charge in [-0.2, -0.15) is 0 Å². The highest BCUT2D eigenvalue weighted by molar-refractivity contribution is 9.10. The number of aliphatic imine (C=N–C) groups is 1. The van der Waals surface area contributed by atoms with Crippen LogP contribution in [0, 0.1) is 0 Å². The largest absolute Gasteiger partial charge is 0.279 e. The monoisotopic (exact) mass is 327 g/mol. The smallest absolute Gasteiger partial charge is 0.244 e. The molecule has 0 amide bonds. The van der Waals surface area contributed by atoms with Crippen molar-refractivity contribution in [2.45, 2.75) is 6.92 Å². The van der Waals surface area contributed by atoms with Gasteiger partial charge in [-0.15, -0.1) is 0 Å². The van der Waals surface area contributed by atoms with Crippen LogP contribution in [0.15, 0.2) is 39.4 Å². The van der Waals surface area contributed by atoms with Crippen LogP contribution < -0.4 is 0 Å². The third-order valence-electron chi connectivity index (χ3n) is 2.07. The van der Waals surface area contributed by atoms with Crippen LogP contribution in [0.4, 0.5) is 0 Å². The summed E-state index contributed by atoms with van der Waals surface area (Å²) in [6, 6.07) is 7.79. The van der Waals surface area contributed by atoms with E-state index in [1.54, 1.807) is 11.8 Å². The predicted molar refractivity (Wildman–Crippen MR) is 80.3 cm³/mol. The molecule has 0 aromatic heterocycles. The Morgan fingerprint density at radius 1 is 1.47 bits per heavy atom. The van der Waals surface area contributed by atoms with Gasteiger partial charge in [0.05, 0.1) is 0 Å². The van der Waals surface area contributed by atoms with Crippen LogP contribution in [-0.2, 0) is 4.79 Å². The summed E-state index contributed by atoms with van der Waals surface area (Å²) in [5.74, 6) is 0.932. The number of hydrogen-bond donors (Lipinski definition) is 0. The van der Waals surface area contributed by atoms with E-state index < -0.39 is 0 Å². The summed E-state index contributed by atoms with van der Waals surface area (Å²) in [6.07, 6.45) is 1.82. The average Bonchev–Trinajstić information content (AvgIpc) is 2.63. The Balaban J connectivity index is 2.28. The van der Waals surface area contributed by atoms with E-state index in [9.17, 15) is 4.79 Å². The van der Waals surface area contributed by atoms with Crippen LogP contribution in [0.3, 0.4) is 0 Å². The molecule has 2 nitrogen and oxygen atoms in total. The van der Waals surface area contributed by atoms with Gasteiger partial charge in [-0.3, -0.25) is 4.79 Å². The second kappa shape index (κ2) is 5.89. The molecule has 1 heterocycles. The van der Waals surface area contributed by atoms with E-state index in [1.807, 2.05) is 37.3 Å². The van der Waals surface area contributed by atoms with Crippen molar-refractivity contribution < 1.29 is 4.79 Å². The van der Waals surface area contributed by atoms with Gasteiger partial charge in [0, 0.05) is 4.47 Å². The standard InChI is InChI=1S/C12H10BrNOS2/c1-2-16-12-14-10(11(15)17-12)7-8-5-3-4-6-9(8)13/h3-7H,2H2,1H3/b10-7+. The van der Waals surface area contributed by atoms with Crippen LogP contribution in [-0.4, -0.2) is 15.2 Å². The fraction of sp³-hybridized carbons (Fsp3) is 0.167. The summed E-state index contributed by atoms with van der Waals surface area (Å²) in [4.78, 5) is 16.1. The molecule has 0 saturated heterocycles. The van der Waals surface area contributed by atoms with Crippen molar-refractivity contribution in [3.8, 4) is 0 Å². The van der Waals surface area contributed by atoms with Gasteiger partial charge in [-0.05, 0) is 35.2 Å². The summed E-state index contributed by atoms with van der Waals surface area (Å²) in [5, 5.41) is 0.0247. The molecule has 88 valence electrons. The number of carbonyl (C=O) groups is 1. The minimum atomic E-state index is 0.0247. The lowest BCUT2D eigenvalue weighted by Crippen LogP contribution is -1.88. The fourth-order valence-electron chi connectivity index (χ4n) is 1.31. The summed E-state index contributed by atoms with van der Waals surface area (Å²) in [7, 11) is 0. The molecule has 0 unspecified atom stereocenters. The molecule has 1 aliphatic rings. The Morgan fingerprint density at radius 3 is 2.94 bits per heavy atom. The van der Waals surface area contributed by atoms with E-state index in [4.69, 9.17) is 0 Å². The third-order valence-corrected chi connectivity index (χ3v) is 4.68. The topological polar surface area (TPSA) is 29.4 Å². The molecule has 1 aromatic rings. The molecule has 0 atom stereocenters. The van der Waals surface area contributed by atoms with E-state index in [-0.39, 0.29) is 5.12 Å². The highest BCUT2D eigenvalue weighted by atomic mass is 79.9. The second-order valence-electron chi connectivity index (χ2n) is 3.25. The minimum Gasteiger partial charge on any atom is -0.279 e.